The summed E-state index contributed by atoms with van der Waals surface area (Å²) in [6, 6.07) is 11.1. The number of amides is 1. The van der Waals surface area contributed by atoms with Crippen LogP contribution < -0.4 is 30.8 Å². The molecule has 0 fully saturated rings. The van der Waals surface area contributed by atoms with Gasteiger partial charge in [0.05, 0.1) is 32.7 Å². The highest BCUT2D eigenvalue weighted by molar-refractivity contribution is 6.04. The molecule has 29 heavy (non-hydrogen) atoms. The van der Waals surface area contributed by atoms with Crippen LogP contribution in [0.5, 0.6) is 17.2 Å². The molecule has 0 saturated carbocycles. The van der Waals surface area contributed by atoms with Gasteiger partial charge >= 0.3 is 5.69 Å². The lowest BCUT2D eigenvalue weighted by atomic mass is 10.2. The van der Waals surface area contributed by atoms with E-state index >= 15 is 0 Å². The minimum atomic E-state index is -0.760. The Balaban J connectivity index is 1.98. The van der Waals surface area contributed by atoms with Crippen LogP contribution in [0.15, 0.2) is 58.3 Å². The number of aromatic amines is 1. The maximum atomic E-state index is 12.8. The Morgan fingerprint density at radius 1 is 0.931 bits per heavy atom. The van der Waals surface area contributed by atoms with Gasteiger partial charge in [-0.15, -0.1) is 0 Å². The Labute approximate surface area is 165 Å². The molecule has 9 heteroatoms. The Morgan fingerprint density at radius 3 is 2.21 bits per heavy atom. The number of hydrogen-bond donors (Lipinski definition) is 2. The van der Waals surface area contributed by atoms with Gasteiger partial charge in [0.15, 0.2) is 0 Å². The zero-order valence-corrected chi connectivity index (χ0v) is 16.0. The molecule has 0 radical (unpaired) electrons. The number of hydrogen-bond acceptors (Lipinski definition) is 6. The van der Waals surface area contributed by atoms with Gasteiger partial charge in [-0.05, 0) is 36.4 Å². The van der Waals surface area contributed by atoms with Gasteiger partial charge in [0, 0.05) is 12.3 Å². The van der Waals surface area contributed by atoms with Crippen molar-refractivity contribution in [1.29, 1.82) is 0 Å². The van der Waals surface area contributed by atoms with E-state index < -0.39 is 17.2 Å². The highest BCUT2D eigenvalue weighted by Crippen LogP contribution is 2.29. The van der Waals surface area contributed by atoms with Crippen molar-refractivity contribution in [3.8, 4) is 22.9 Å². The van der Waals surface area contributed by atoms with E-state index in [1.807, 2.05) is 0 Å². The minimum absolute atomic E-state index is 0.238. The summed E-state index contributed by atoms with van der Waals surface area (Å²) in [5.74, 6) is 0.777. The molecule has 9 nitrogen and oxygen atoms in total. The third kappa shape index (κ3) is 3.98. The first-order chi connectivity index (χ1) is 14.0. The van der Waals surface area contributed by atoms with Crippen LogP contribution in [0.1, 0.15) is 10.4 Å². The molecular formula is C20H19N3O6. The SMILES string of the molecule is COc1ccc(-n2c(=O)[nH]cc(C(=O)Nc3ccc(OC)cc3OC)c2=O)cc1. The average molecular weight is 397 g/mol. The lowest BCUT2D eigenvalue weighted by Crippen LogP contribution is -2.38. The first-order valence-electron chi connectivity index (χ1n) is 8.51. The van der Waals surface area contributed by atoms with Crippen molar-refractivity contribution in [2.75, 3.05) is 26.6 Å². The van der Waals surface area contributed by atoms with Gasteiger partial charge in [-0.25, -0.2) is 9.36 Å². The number of anilines is 1. The van der Waals surface area contributed by atoms with Gasteiger partial charge < -0.3 is 24.5 Å². The van der Waals surface area contributed by atoms with Crippen LogP contribution in [0, 0.1) is 0 Å². The van der Waals surface area contributed by atoms with Crippen molar-refractivity contribution in [2.24, 2.45) is 0 Å². The summed E-state index contributed by atoms with van der Waals surface area (Å²) in [5, 5.41) is 2.61. The van der Waals surface area contributed by atoms with Crippen molar-refractivity contribution >= 4 is 11.6 Å². The molecule has 0 saturated heterocycles. The molecule has 0 bridgehead atoms. The van der Waals surface area contributed by atoms with Crippen LogP contribution in [-0.4, -0.2) is 36.8 Å². The molecule has 3 rings (SSSR count). The van der Waals surface area contributed by atoms with E-state index in [0.717, 1.165) is 10.8 Å². The lowest BCUT2D eigenvalue weighted by molar-refractivity contribution is 0.102. The normalized spacial score (nSPS) is 10.3. The van der Waals surface area contributed by atoms with Crippen LogP contribution in [0.2, 0.25) is 0 Å². The van der Waals surface area contributed by atoms with Crippen molar-refractivity contribution in [3.63, 3.8) is 0 Å². The summed E-state index contributed by atoms with van der Waals surface area (Å²) in [7, 11) is 4.46. The second-order valence-corrected chi connectivity index (χ2v) is 5.87. The smallest absolute Gasteiger partial charge is 0.333 e. The van der Waals surface area contributed by atoms with Gasteiger partial charge in [0.2, 0.25) is 0 Å². The quantitative estimate of drug-likeness (QED) is 0.656. The topological polar surface area (TPSA) is 112 Å². The van der Waals surface area contributed by atoms with Gasteiger partial charge in [-0.2, -0.15) is 0 Å². The second-order valence-electron chi connectivity index (χ2n) is 5.87. The van der Waals surface area contributed by atoms with Crippen LogP contribution >= 0.6 is 0 Å². The highest BCUT2D eigenvalue weighted by Gasteiger charge is 2.17. The summed E-state index contributed by atoms with van der Waals surface area (Å²) in [5.41, 5.74) is -1.02. The maximum Gasteiger partial charge on any atom is 0.333 e. The highest BCUT2D eigenvalue weighted by atomic mass is 16.5. The molecule has 0 atom stereocenters. The molecule has 1 amide bonds. The summed E-state index contributed by atoms with van der Waals surface area (Å²) < 4.78 is 16.3. The van der Waals surface area contributed by atoms with Crippen molar-refractivity contribution in [2.45, 2.75) is 0 Å². The van der Waals surface area contributed by atoms with E-state index in [4.69, 9.17) is 14.2 Å². The average Bonchev–Trinajstić information content (AvgIpc) is 2.74. The number of nitrogens with zero attached hydrogens (tertiary/aromatic N) is 1. The fraction of sp³-hybridized carbons (Fsp3) is 0.150. The van der Waals surface area contributed by atoms with Crippen molar-refractivity contribution in [1.82, 2.24) is 9.55 Å². The third-order valence-corrected chi connectivity index (χ3v) is 4.21. The standard InChI is InChI=1S/C20H19N3O6/c1-27-13-6-4-12(5-7-13)23-19(25)15(11-21-20(23)26)18(24)22-16-9-8-14(28-2)10-17(16)29-3/h4-11H,1-3H3,(H,21,26)(H,22,24). The molecule has 0 aliphatic carbocycles. The molecule has 2 aromatic carbocycles. The van der Waals surface area contributed by atoms with E-state index in [1.54, 1.807) is 42.5 Å². The number of benzene rings is 2. The number of nitrogens with one attached hydrogen (secondary N) is 2. The van der Waals surface area contributed by atoms with Crippen LogP contribution in [0.4, 0.5) is 5.69 Å². The van der Waals surface area contributed by atoms with Crippen LogP contribution in [0.3, 0.4) is 0 Å². The number of carbonyl (C=O) groups excluding carboxylic acids is 1. The van der Waals surface area contributed by atoms with E-state index in [0.29, 0.717) is 28.6 Å². The molecule has 0 unspecified atom stereocenters. The second kappa shape index (κ2) is 8.34. The molecule has 1 heterocycles. The van der Waals surface area contributed by atoms with E-state index in [1.165, 1.54) is 21.3 Å². The molecule has 0 spiro atoms. The minimum Gasteiger partial charge on any atom is -0.497 e. The first-order valence-corrected chi connectivity index (χ1v) is 8.51. The summed E-state index contributed by atoms with van der Waals surface area (Å²) in [6.45, 7) is 0. The van der Waals surface area contributed by atoms with Crippen LogP contribution in [-0.2, 0) is 0 Å². The third-order valence-electron chi connectivity index (χ3n) is 4.21. The zero-order valence-electron chi connectivity index (χ0n) is 16.0. The monoisotopic (exact) mass is 397 g/mol. The predicted molar refractivity (Wildman–Crippen MR) is 107 cm³/mol. The van der Waals surface area contributed by atoms with Crippen molar-refractivity contribution in [3.05, 3.63) is 75.1 Å². The van der Waals surface area contributed by atoms with Gasteiger partial charge in [-0.1, -0.05) is 0 Å². The molecule has 1 aromatic heterocycles. The summed E-state index contributed by atoms with van der Waals surface area (Å²) in [6.07, 6.45) is 1.08. The molecule has 150 valence electrons. The number of methoxy groups -OCH3 is 3. The number of H-pyrrole nitrogens is 1. The Hall–Kier alpha value is -4.01. The zero-order chi connectivity index (χ0) is 21.0. The molecule has 3 aromatic rings. The Morgan fingerprint density at radius 2 is 1.59 bits per heavy atom. The fourth-order valence-electron chi connectivity index (χ4n) is 2.69. The van der Waals surface area contributed by atoms with Gasteiger partial charge in [-0.3, -0.25) is 9.59 Å². The lowest BCUT2D eigenvalue weighted by Gasteiger charge is -2.12. The number of ether oxygens (including phenoxy) is 3. The summed E-state index contributed by atoms with van der Waals surface area (Å²) >= 11 is 0. The predicted octanol–water partition coefficient (Wildman–Crippen LogP) is 1.80. The Kier molecular flexibility index (Phi) is 5.68. The first kappa shape index (κ1) is 19.7. The number of carbonyl (C=O) groups is 1. The molecule has 0 aliphatic heterocycles. The van der Waals surface area contributed by atoms with Crippen molar-refractivity contribution < 1.29 is 19.0 Å². The van der Waals surface area contributed by atoms with Crippen LogP contribution in [0.25, 0.3) is 5.69 Å². The molecule has 2 N–H and O–H groups in total. The van der Waals surface area contributed by atoms with Gasteiger partial charge in [0.25, 0.3) is 11.5 Å². The number of rotatable bonds is 6. The largest absolute Gasteiger partial charge is 0.497 e. The van der Waals surface area contributed by atoms with E-state index in [-0.39, 0.29) is 5.56 Å². The molecular weight excluding hydrogens is 378 g/mol. The Bertz CT molecular complexity index is 1150. The van der Waals surface area contributed by atoms with Gasteiger partial charge in [0.1, 0.15) is 22.8 Å². The fourth-order valence-corrected chi connectivity index (χ4v) is 2.69. The summed E-state index contributed by atoms with van der Waals surface area (Å²) in [4.78, 5) is 40.2. The van der Waals surface area contributed by atoms with E-state index in [2.05, 4.69) is 10.3 Å². The van der Waals surface area contributed by atoms with E-state index in [9.17, 15) is 14.4 Å². The number of aromatic nitrogens is 2. The molecule has 0 aliphatic rings. The maximum absolute atomic E-state index is 12.8.